The van der Waals surface area contributed by atoms with E-state index in [9.17, 15) is 9.59 Å². The maximum atomic E-state index is 12.9. The molecule has 1 heterocycles. The van der Waals surface area contributed by atoms with Gasteiger partial charge in [-0.2, -0.15) is 0 Å². The molecule has 6 nitrogen and oxygen atoms in total. The van der Waals surface area contributed by atoms with Gasteiger partial charge < -0.3 is 15.7 Å². The van der Waals surface area contributed by atoms with Crippen LogP contribution < -0.4 is 5.73 Å². The van der Waals surface area contributed by atoms with Crippen LogP contribution in [-0.4, -0.2) is 47.2 Å². The molecule has 0 atom stereocenters. The average Bonchev–Trinajstić information content (AvgIpc) is 2.77. The molecule has 6 heteroatoms. The monoisotopic (exact) mass is 343 g/mol. The Bertz CT molecular complexity index is 717. The minimum absolute atomic E-state index is 0.0230. The lowest BCUT2D eigenvalue weighted by Gasteiger charge is -2.22. The minimum Gasteiger partial charge on any atom is -0.388 e. The Balaban J connectivity index is 2.39. The number of nitrogens with zero attached hydrogens (tertiary/aromatic N) is 2. The van der Waals surface area contributed by atoms with Crippen molar-refractivity contribution >= 4 is 29.3 Å². The first-order valence-corrected chi connectivity index (χ1v) is 8.61. The summed E-state index contributed by atoms with van der Waals surface area (Å²) in [5, 5.41) is 9.00. The van der Waals surface area contributed by atoms with Crippen molar-refractivity contribution in [3.63, 3.8) is 0 Å². The number of amides is 1. The van der Waals surface area contributed by atoms with Gasteiger partial charge in [0, 0.05) is 36.2 Å². The van der Waals surface area contributed by atoms with Gasteiger partial charge in [0.15, 0.2) is 5.78 Å². The number of aliphatic hydroxyl groups excluding tert-OH is 1. The van der Waals surface area contributed by atoms with Gasteiger partial charge >= 0.3 is 0 Å². The molecule has 1 aromatic rings. The molecule has 1 aliphatic heterocycles. The number of hydrogen-bond acceptors (Lipinski definition) is 5. The lowest BCUT2D eigenvalue weighted by atomic mass is 10.0. The first-order valence-electron chi connectivity index (χ1n) is 8.61. The van der Waals surface area contributed by atoms with Crippen LogP contribution in [0.1, 0.15) is 49.0 Å². The van der Waals surface area contributed by atoms with Crippen molar-refractivity contribution in [3.05, 3.63) is 34.9 Å². The topological polar surface area (TPSA) is 96.0 Å². The van der Waals surface area contributed by atoms with Crippen LogP contribution in [0.3, 0.4) is 0 Å². The fourth-order valence-electron chi connectivity index (χ4n) is 2.85. The van der Waals surface area contributed by atoms with E-state index in [1.165, 1.54) is 0 Å². The number of nitrogens with two attached hydrogens (primary N) is 1. The van der Waals surface area contributed by atoms with Crippen molar-refractivity contribution in [2.24, 2.45) is 10.7 Å². The number of rotatable bonds is 7. The molecule has 0 saturated heterocycles. The molecule has 25 heavy (non-hydrogen) atoms. The van der Waals surface area contributed by atoms with E-state index in [1.807, 2.05) is 18.7 Å². The molecule has 1 aromatic carbocycles. The number of Topliss-reactive ketones (excluding diaryl/α,β-unsaturated/α-hetero) is 1. The number of carbonyl (C=O) groups excluding carboxylic acids is 2. The predicted octanol–water partition coefficient (Wildman–Crippen LogP) is 2.29. The second-order valence-corrected chi connectivity index (χ2v) is 6.10. The Morgan fingerprint density at radius 1 is 1.24 bits per heavy atom. The summed E-state index contributed by atoms with van der Waals surface area (Å²) in [6.45, 7) is 4.95. The zero-order valence-corrected chi connectivity index (χ0v) is 14.8. The third-order valence-electron chi connectivity index (χ3n) is 4.01. The Morgan fingerprint density at radius 3 is 2.52 bits per heavy atom. The second-order valence-electron chi connectivity index (χ2n) is 6.10. The van der Waals surface area contributed by atoms with E-state index >= 15 is 0 Å². The molecule has 0 radical (unpaired) electrons. The van der Waals surface area contributed by atoms with E-state index in [-0.39, 0.29) is 18.1 Å². The molecular weight excluding hydrogens is 318 g/mol. The van der Waals surface area contributed by atoms with E-state index in [0.717, 1.165) is 18.4 Å². The number of benzene rings is 1. The van der Waals surface area contributed by atoms with Crippen LogP contribution in [0.4, 0.5) is 5.69 Å². The Labute approximate surface area is 148 Å². The molecular formula is C19H25N3O3. The molecule has 0 spiro atoms. The van der Waals surface area contributed by atoms with Crippen molar-refractivity contribution in [2.45, 2.75) is 33.1 Å². The highest BCUT2D eigenvalue weighted by Crippen LogP contribution is 2.28. The lowest BCUT2D eigenvalue weighted by Crippen LogP contribution is -2.34. The van der Waals surface area contributed by atoms with Gasteiger partial charge in [0.1, 0.15) is 12.4 Å². The minimum atomic E-state index is -0.555. The summed E-state index contributed by atoms with van der Waals surface area (Å²) in [5.74, 6) is -0.0664. The number of carbonyl (C=O) groups is 2. The quantitative estimate of drug-likeness (QED) is 0.742. The number of amidine groups is 1. The zero-order chi connectivity index (χ0) is 18.4. The molecule has 1 aliphatic rings. The van der Waals surface area contributed by atoms with E-state index in [2.05, 4.69) is 4.99 Å². The van der Waals surface area contributed by atoms with Crippen molar-refractivity contribution in [1.82, 2.24) is 4.90 Å². The lowest BCUT2D eigenvalue weighted by molar-refractivity contribution is -0.127. The fourth-order valence-corrected chi connectivity index (χ4v) is 2.85. The van der Waals surface area contributed by atoms with Crippen molar-refractivity contribution in [3.8, 4) is 0 Å². The van der Waals surface area contributed by atoms with Gasteiger partial charge in [-0.1, -0.05) is 26.0 Å². The smallest absolute Gasteiger partial charge is 0.250 e. The number of hydrogen-bond donors (Lipinski definition) is 2. The van der Waals surface area contributed by atoms with Crippen molar-refractivity contribution in [2.75, 3.05) is 19.7 Å². The van der Waals surface area contributed by atoms with E-state index in [0.29, 0.717) is 35.7 Å². The maximum Gasteiger partial charge on any atom is 0.250 e. The van der Waals surface area contributed by atoms with Crippen molar-refractivity contribution < 1.29 is 14.7 Å². The van der Waals surface area contributed by atoms with E-state index < -0.39 is 6.61 Å². The van der Waals surface area contributed by atoms with Gasteiger partial charge in [0.2, 0.25) is 5.91 Å². The molecule has 0 bridgehead atoms. The summed E-state index contributed by atoms with van der Waals surface area (Å²) in [4.78, 5) is 30.7. The normalized spacial score (nSPS) is 13.4. The molecule has 0 aliphatic carbocycles. The van der Waals surface area contributed by atoms with Gasteiger partial charge in [-0.3, -0.25) is 9.59 Å². The van der Waals surface area contributed by atoms with Gasteiger partial charge in [0.25, 0.3) is 0 Å². The van der Waals surface area contributed by atoms with Crippen LogP contribution in [0.25, 0.3) is 6.08 Å². The standard InChI is InChI=1S/C19H25N3O3/c1-3-7-22(8-4-2)19(25)15-9-13-5-6-14(17(24)12-23)10-16(13)21-18(20)11-15/h5-6,9-10,23H,3-4,7-8,11-12H2,1-2H3,(H2,20,21). The molecule has 0 fully saturated rings. The number of aliphatic imine (C=N–C) groups is 1. The first-order chi connectivity index (χ1) is 12.0. The zero-order valence-electron chi connectivity index (χ0n) is 14.8. The molecule has 2 rings (SSSR count). The Hall–Kier alpha value is -2.47. The molecule has 134 valence electrons. The summed E-state index contributed by atoms with van der Waals surface area (Å²) < 4.78 is 0. The number of fused-ring (bicyclic) bond motifs is 1. The predicted molar refractivity (Wildman–Crippen MR) is 98.9 cm³/mol. The van der Waals surface area contributed by atoms with Gasteiger partial charge in [-0.15, -0.1) is 0 Å². The molecule has 0 saturated carbocycles. The Morgan fingerprint density at radius 2 is 1.92 bits per heavy atom. The molecule has 3 N–H and O–H groups in total. The van der Waals surface area contributed by atoms with Gasteiger partial charge in [-0.05, 0) is 25.0 Å². The van der Waals surface area contributed by atoms with Crippen LogP contribution in [0, 0.1) is 0 Å². The highest BCUT2D eigenvalue weighted by atomic mass is 16.3. The number of aliphatic hydroxyl groups is 1. The summed E-state index contributed by atoms with van der Waals surface area (Å²) >= 11 is 0. The second kappa shape index (κ2) is 8.58. The third-order valence-corrected chi connectivity index (χ3v) is 4.01. The average molecular weight is 343 g/mol. The largest absolute Gasteiger partial charge is 0.388 e. The summed E-state index contributed by atoms with van der Waals surface area (Å²) in [6, 6.07) is 4.96. The van der Waals surface area contributed by atoms with Crippen LogP contribution in [0.2, 0.25) is 0 Å². The van der Waals surface area contributed by atoms with Crippen LogP contribution in [0.15, 0.2) is 28.8 Å². The molecule has 0 aromatic heterocycles. The fraction of sp³-hybridized carbons (Fsp3) is 0.421. The molecule has 1 amide bonds. The van der Waals surface area contributed by atoms with E-state index in [1.54, 1.807) is 24.3 Å². The first kappa shape index (κ1) is 18.9. The van der Waals surface area contributed by atoms with Gasteiger partial charge in [-0.25, -0.2) is 4.99 Å². The van der Waals surface area contributed by atoms with Crippen LogP contribution in [-0.2, 0) is 4.79 Å². The third kappa shape index (κ3) is 4.54. The maximum absolute atomic E-state index is 12.9. The Kier molecular flexibility index (Phi) is 6.47. The number of ketones is 1. The summed E-state index contributed by atoms with van der Waals surface area (Å²) in [7, 11) is 0. The summed E-state index contributed by atoms with van der Waals surface area (Å²) in [5.41, 5.74) is 8.24. The highest BCUT2D eigenvalue weighted by molar-refractivity contribution is 6.06. The van der Waals surface area contributed by atoms with E-state index in [4.69, 9.17) is 10.8 Å². The van der Waals surface area contributed by atoms with Gasteiger partial charge in [0.05, 0.1) is 5.69 Å². The van der Waals surface area contributed by atoms with Crippen molar-refractivity contribution in [1.29, 1.82) is 0 Å². The molecule has 0 unspecified atom stereocenters. The van der Waals surface area contributed by atoms with Crippen LogP contribution >= 0.6 is 0 Å². The highest BCUT2D eigenvalue weighted by Gasteiger charge is 2.21. The van der Waals surface area contributed by atoms with Crippen LogP contribution in [0.5, 0.6) is 0 Å². The summed E-state index contributed by atoms with van der Waals surface area (Å²) in [6.07, 6.45) is 3.87. The SMILES string of the molecule is CCCN(CCC)C(=O)C1=Cc2ccc(C(=O)CO)cc2N=C(N)C1.